The molecule has 0 spiro atoms. The van der Waals surface area contributed by atoms with Gasteiger partial charge in [-0.1, -0.05) is 35.5 Å². The molecule has 0 atom stereocenters. The number of nitrogens with zero attached hydrogens (tertiary/aromatic N) is 4. The van der Waals surface area contributed by atoms with Crippen molar-refractivity contribution < 1.29 is 14.6 Å². The van der Waals surface area contributed by atoms with E-state index >= 15 is 0 Å². The van der Waals surface area contributed by atoms with Crippen LogP contribution in [0.3, 0.4) is 0 Å². The first-order chi connectivity index (χ1) is 10.5. The molecule has 0 radical (unpaired) electrons. The molecule has 2 aromatic rings. The summed E-state index contributed by atoms with van der Waals surface area (Å²) in [5.41, 5.74) is 5.36. The fourth-order valence-electron chi connectivity index (χ4n) is 1.65. The Morgan fingerprint density at radius 2 is 2.14 bits per heavy atom. The van der Waals surface area contributed by atoms with Gasteiger partial charge in [-0.2, -0.15) is 5.10 Å². The van der Waals surface area contributed by atoms with E-state index in [4.69, 9.17) is 5.73 Å². The summed E-state index contributed by atoms with van der Waals surface area (Å²) in [7, 11) is 0. The van der Waals surface area contributed by atoms with E-state index in [0.717, 1.165) is 6.20 Å². The van der Waals surface area contributed by atoms with Crippen LogP contribution < -0.4 is 5.73 Å². The molecule has 0 saturated carbocycles. The number of benzene rings is 1. The summed E-state index contributed by atoms with van der Waals surface area (Å²) >= 11 is 0. The van der Waals surface area contributed by atoms with Gasteiger partial charge in [-0.25, -0.2) is 4.79 Å². The number of nitrogens with two attached hydrogens (primary N) is 1. The highest BCUT2D eigenvalue weighted by atomic mass is 16.7. The molecule has 9 heteroatoms. The number of hydrogen-bond acceptors (Lipinski definition) is 6. The monoisotopic (exact) mass is 303 g/mol. The van der Waals surface area contributed by atoms with Crippen LogP contribution in [0.5, 0.6) is 0 Å². The van der Waals surface area contributed by atoms with Gasteiger partial charge in [-0.3, -0.25) is 14.8 Å². The summed E-state index contributed by atoms with van der Waals surface area (Å²) in [6.45, 7) is 2.11. The van der Waals surface area contributed by atoms with Gasteiger partial charge < -0.3 is 10.6 Å². The van der Waals surface area contributed by atoms with E-state index in [1.807, 2.05) is 0 Å². The van der Waals surface area contributed by atoms with Crippen LogP contribution >= 0.6 is 0 Å². The lowest BCUT2D eigenvalue weighted by Gasteiger charge is -1.99. The zero-order chi connectivity index (χ0) is 16.1. The third-order valence-electron chi connectivity index (χ3n) is 2.75. The average molecular weight is 303 g/mol. The van der Waals surface area contributed by atoms with Crippen molar-refractivity contribution in [3.63, 3.8) is 0 Å². The van der Waals surface area contributed by atoms with Crippen LogP contribution in [0, 0.1) is 10.1 Å². The molecule has 1 aromatic carbocycles. The fraction of sp³-hybridized carbons (Fsp3) is 0.154. The van der Waals surface area contributed by atoms with E-state index in [1.165, 1.54) is 4.68 Å². The number of oxime groups is 1. The maximum Gasteiger partial charge on any atom is 0.393 e. The molecule has 0 aliphatic rings. The van der Waals surface area contributed by atoms with Crippen molar-refractivity contribution in [1.29, 1.82) is 0 Å². The molecular weight excluding hydrogens is 290 g/mol. The molecule has 2 rings (SSSR count). The molecule has 114 valence electrons. The van der Waals surface area contributed by atoms with E-state index < -0.39 is 22.3 Å². The molecular formula is C13H13N5O4. The first kappa shape index (κ1) is 15.2. The predicted octanol–water partition coefficient (Wildman–Crippen LogP) is 1.29. The van der Waals surface area contributed by atoms with Crippen molar-refractivity contribution in [3.8, 4) is 0 Å². The molecule has 9 nitrogen and oxygen atoms in total. The van der Waals surface area contributed by atoms with Gasteiger partial charge in [0.25, 0.3) is 0 Å². The minimum Gasteiger partial charge on any atom is -0.380 e. The van der Waals surface area contributed by atoms with Crippen molar-refractivity contribution in [2.45, 2.75) is 13.5 Å². The number of rotatable bonds is 5. The molecule has 1 heterocycles. The van der Waals surface area contributed by atoms with Crippen molar-refractivity contribution in [2.75, 3.05) is 0 Å². The molecule has 0 amide bonds. The van der Waals surface area contributed by atoms with Crippen LogP contribution in [0.4, 0.5) is 5.69 Å². The number of aromatic nitrogens is 2. The van der Waals surface area contributed by atoms with Crippen molar-refractivity contribution >= 4 is 17.5 Å². The zero-order valence-electron chi connectivity index (χ0n) is 11.7. The zero-order valence-corrected chi connectivity index (χ0v) is 11.7. The Morgan fingerprint density at radius 3 is 2.73 bits per heavy atom. The Balaban J connectivity index is 2.19. The highest BCUT2D eigenvalue weighted by Crippen LogP contribution is 2.17. The first-order valence-corrected chi connectivity index (χ1v) is 6.35. The van der Waals surface area contributed by atoms with E-state index in [-0.39, 0.29) is 5.84 Å². The summed E-state index contributed by atoms with van der Waals surface area (Å²) in [5, 5.41) is 18.2. The quantitative estimate of drug-likeness (QED) is 0.291. The molecule has 0 fully saturated rings. The fourth-order valence-corrected chi connectivity index (χ4v) is 1.65. The van der Waals surface area contributed by atoms with Crippen LogP contribution in [-0.4, -0.2) is 26.5 Å². The van der Waals surface area contributed by atoms with Gasteiger partial charge in [-0.15, -0.1) is 0 Å². The van der Waals surface area contributed by atoms with Crippen LogP contribution in [-0.2, 0) is 11.4 Å². The summed E-state index contributed by atoms with van der Waals surface area (Å²) in [4.78, 5) is 26.7. The third-order valence-corrected chi connectivity index (χ3v) is 2.75. The highest BCUT2D eigenvalue weighted by molar-refractivity contribution is 5.98. The Morgan fingerprint density at radius 1 is 1.45 bits per heavy atom. The van der Waals surface area contributed by atoms with Crippen LogP contribution in [0.25, 0.3) is 0 Å². The lowest BCUT2D eigenvalue weighted by Crippen LogP contribution is -2.15. The molecule has 0 unspecified atom stereocenters. The number of carbonyl (C=O) groups excluding carboxylic acids is 1. The summed E-state index contributed by atoms with van der Waals surface area (Å²) in [6, 6.07) is 8.64. The second kappa shape index (κ2) is 6.48. The van der Waals surface area contributed by atoms with Crippen LogP contribution in [0.15, 0.2) is 41.7 Å². The Labute approximate surface area is 125 Å². The molecule has 0 bridgehead atoms. The number of carbonyl (C=O) groups is 1. The van der Waals surface area contributed by atoms with Gasteiger partial charge in [0.15, 0.2) is 5.84 Å². The maximum atomic E-state index is 11.9. The predicted molar refractivity (Wildman–Crippen MR) is 77.1 cm³/mol. The molecule has 1 aromatic heterocycles. The van der Waals surface area contributed by atoms with Gasteiger partial charge in [0, 0.05) is 12.1 Å². The lowest BCUT2D eigenvalue weighted by atomic mass is 10.2. The smallest absolute Gasteiger partial charge is 0.380 e. The molecule has 0 saturated heterocycles. The maximum absolute atomic E-state index is 11.9. The van der Waals surface area contributed by atoms with Crippen molar-refractivity contribution in [1.82, 2.24) is 9.78 Å². The van der Waals surface area contributed by atoms with Gasteiger partial charge in [0.1, 0.15) is 6.20 Å². The molecule has 0 aliphatic carbocycles. The first-order valence-electron chi connectivity index (χ1n) is 6.35. The number of aryl methyl sites for hydroxylation is 1. The van der Waals surface area contributed by atoms with E-state index in [2.05, 4.69) is 15.1 Å². The molecule has 22 heavy (non-hydrogen) atoms. The normalized spacial score (nSPS) is 11.2. The topological polar surface area (TPSA) is 126 Å². The number of nitro groups is 1. The van der Waals surface area contributed by atoms with E-state index in [0.29, 0.717) is 12.1 Å². The Kier molecular flexibility index (Phi) is 4.47. The lowest BCUT2D eigenvalue weighted by molar-refractivity contribution is -0.385. The minimum absolute atomic E-state index is 0.0217. The Bertz CT molecular complexity index is 723. The molecule has 0 aliphatic heterocycles. The number of hydrogen-bond donors (Lipinski definition) is 1. The van der Waals surface area contributed by atoms with E-state index in [1.54, 1.807) is 37.3 Å². The minimum atomic E-state index is -1.04. The van der Waals surface area contributed by atoms with Gasteiger partial charge >= 0.3 is 11.7 Å². The van der Waals surface area contributed by atoms with Gasteiger partial charge in [0.05, 0.1) is 4.92 Å². The summed E-state index contributed by atoms with van der Waals surface area (Å²) in [6.07, 6.45) is 1.15. The highest BCUT2D eigenvalue weighted by Gasteiger charge is 2.27. The Hall–Kier alpha value is -3.23. The number of amidine groups is 1. The standard InChI is InChI=1S/C13H13N5O4/c1-2-17-8-10(18(20)21)11(15-17)13(19)22-16-12(14)9-6-4-3-5-7-9/h3-8H,2H2,1H3,(H2,14,16). The van der Waals surface area contributed by atoms with Crippen molar-refractivity contribution in [2.24, 2.45) is 10.9 Å². The van der Waals surface area contributed by atoms with Crippen LogP contribution in [0.2, 0.25) is 0 Å². The third kappa shape index (κ3) is 3.26. The molecule has 2 N–H and O–H groups in total. The van der Waals surface area contributed by atoms with Crippen LogP contribution in [0.1, 0.15) is 23.0 Å². The second-order valence-electron chi connectivity index (χ2n) is 4.20. The van der Waals surface area contributed by atoms with Gasteiger partial charge in [-0.05, 0) is 6.92 Å². The van der Waals surface area contributed by atoms with Crippen molar-refractivity contribution in [3.05, 3.63) is 57.9 Å². The van der Waals surface area contributed by atoms with Gasteiger partial charge in [0.2, 0.25) is 5.69 Å². The van der Waals surface area contributed by atoms with E-state index in [9.17, 15) is 14.9 Å². The second-order valence-corrected chi connectivity index (χ2v) is 4.20. The average Bonchev–Trinajstić information content (AvgIpc) is 2.98. The largest absolute Gasteiger partial charge is 0.393 e. The summed E-state index contributed by atoms with van der Waals surface area (Å²) < 4.78 is 1.26. The summed E-state index contributed by atoms with van der Waals surface area (Å²) in [5.74, 6) is -1.07. The SMILES string of the molecule is CCn1cc([N+](=O)[O-])c(C(=O)O/N=C(\N)c2ccccc2)n1.